The van der Waals surface area contributed by atoms with Gasteiger partial charge in [0.2, 0.25) is 10.0 Å². The SMILES string of the molecule is CCOCCS(=O)(=O)Nc1ccc(OC)cc1C(=O)O. The van der Waals surface area contributed by atoms with Crippen LogP contribution in [0.2, 0.25) is 0 Å². The highest BCUT2D eigenvalue weighted by Gasteiger charge is 2.17. The van der Waals surface area contributed by atoms with Gasteiger partial charge in [0.25, 0.3) is 0 Å². The smallest absolute Gasteiger partial charge is 0.337 e. The molecule has 0 amide bonds. The van der Waals surface area contributed by atoms with Gasteiger partial charge in [-0.3, -0.25) is 4.72 Å². The number of hydrogen-bond donors (Lipinski definition) is 2. The molecule has 0 aromatic heterocycles. The lowest BCUT2D eigenvalue weighted by Gasteiger charge is -2.11. The molecule has 0 aliphatic heterocycles. The number of sulfonamides is 1. The molecule has 112 valence electrons. The standard InChI is InChI=1S/C12H17NO6S/c1-3-19-6-7-20(16,17)13-11-5-4-9(18-2)8-10(11)12(14)15/h4-5,8,13H,3,6-7H2,1-2H3,(H,14,15). The minimum atomic E-state index is -3.66. The topological polar surface area (TPSA) is 102 Å². The summed E-state index contributed by atoms with van der Waals surface area (Å²) in [4.78, 5) is 11.1. The molecule has 0 bridgehead atoms. The quantitative estimate of drug-likeness (QED) is 0.699. The third kappa shape index (κ3) is 4.71. The Morgan fingerprint density at radius 2 is 2.10 bits per heavy atom. The maximum absolute atomic E-state index is 11.8. The molecular formula is C12H17NO6S. The number of carboxylic acid groups (broad SMARTS) is 1. The molecule has 1 rings (SSSR count). The molecule has 0 saturated heterocycles. The first-order chi connectivity index (χ1) is 9.39. The second-order valence-corrected chi connectivity index (χ2v) is 5.68. The number of carboxylic acids is 1. The molecule has 1 aromatic carbocycles. The number of methoxy groups -OCH3 is 1. The summed E-state index contributed by atoms with van der Waals surface area (Å²) >= 11 is 0. The van der Waals surface area contributed by atoms with Crippen molar-refractivity contribution in [2.75, 3.05) is 30.8 Å². The summed E-state index contributed by atoms with van der Waals surface area (Å²) < 4.78 is 35.7. The summed E-state index contributed by atoms with van der Waals surface area (Å²) in [7, 11) is -2.27. The Kier molecular flexibility index (Phi) is 5.78. The zero-order valence-electron chi connectivity index (χ0n) is 11.3. The number of benzene rings is 1. The Morgan fingerprint density at radius 1 is 1.40 bits per heavy atom. The molecule has 0 aliphatic rings. The first kappa shape index (κ1) is 16.3. The van der Waals surface area contributed by atoms with Crippen molar-refractivity contribution in [1.82, 2.24) is 0 Å². The number of anilines is 1. The fraction of sp³-hybridized carbons (Fsp3) is 0.417. The van der Waals surface area contributed by atoms with Crippen LogP contribution in [-0.4, -0.2) is 45.6 Å². The van der Waals surface area contributed by atoms with E-state index in [-0.39, 0.29) is 23.6 Å². The van der Waals surface area contributed by atoms with E-state index in [0.717, 1.165) is 0 Å². The number of rotatable bonds is 8. The van der Waals surface area contributed by atoms with Crippen molar-refractivity contribution >= 4 is 21.7 Å². The van der Waals surface area contributed by atoms with Crippen molar-refractivity contribution in [3.05, 3.63) is 23.8 Å². The maximum atomic E-state index is 11.8. The van der Waals surface area contributed by atoms with Crippen LogP contribution >= 0.6 is 0 Å². The highest BCUT2D eigenvalue weighted by Crippen LogP contribution is 2.23. The van der Waals surface area contributed by atoms with Crippen molar-refractivity contribution in [2.24, 2.45) is 0 Å². The second-order valence-electron chi connectivity index (χ2n) is 3.83. The molecular weight excluding hydrogens is 286 g/mol. The van der Waals surface area contributed by atoms with Crippen LogP contribution in [0.15, 0.2) is 18.2 Å². The van der Waals surface area contributed by atoms with Crippen molar-refractivity contribution in [3.63, 3.8) is 0 Å². The summed E-state index contributed by atoms with van der Waals surface area (Å²) in [6.07, 6.45) is 0. The van der Waals surface area contributed by atoms with Gasteiger partial charge in [-0.2, -0.15) is 0 Å². The maximum Gasteiger partial charge on any atom is 0.337 e. The average molecular weight is 303 g/mol. The van der Waals surface area contributed by atoms with E-state index in [0.29, 0.717) is 12.4 Å². The molecule has 0 aliphatic carbocycles. The number of hydrogen-bond acceptors (Lipinski definition) is 5. The van der Waals surface area contributed by atoms with E-state index in [2.05, 4.69) is 4.72 Å². The van der Waals surface area contributed by atoms with E-state index in [9.17, 15) is 13.2 Å². The van der Waals surface area contributed by atoms with Gasteiger partial charge in [0.05, 0.1) is 30.7 Å². The summed E-state index contributed by atoms with van der Waals surface area (Å²) in [6.45, 7) is 2.22. The zero-order chi connectivity index (χ0) is 15.2. The van der Waals surface area contributed by atoms with Gasteiger partial charge in [-0.25, -0.2) is 13.2 Å². The zero-order valence-corrected chi connectivity index (χ0v) is 12.1. The largest absolute Gasteiger partial charge is 0.497 e. The predicted molar refractivity (Wildman–Crippen MR) is 73.9 cm³/mol. The Balaban J connectivity index is 2.94. The van der Waals surface area contributed by atoms with Gasteiger partial charge in [-0.15, -0.1) is 0 Å². The normalized spacial score (nSPS) is 11.1. The van der Waals surface area contributed by atoms with Gasteiger partial charge in [-0.05, 0) is 25.1 Å². The molecule has 0 heterocycles. The van der Waals surface area contributed by atoms with Crippen LogP contribution < -0.4 is 9.46 Å². The van der Waals surface area contributed by atoms with Crippen LogP contribution in [0.5, 0.6) is 5.75 Å². The summed E-state index contributed by atoms with van der Waals surface area (Å²) in [5, 5.41) is 9.08. The summed E-state index contributed by atoms with van der Waals surface area (Å²) in [5.74, 6) is -1.16. The molecule has 0 saturated carbocycles. The van der Waals surface area contributed by atoms with E-state index in [1.54, 1.807) is 6.92 Å². The second kappa shape index (κ2) is 7.11. The number of aromatic carboxylic acids is 1. The molecule has 0 radical (unpaired) electrons. The predicted octanol–water partition coefficient (Wildman–Crippen LogP) is 1.17. The van der Waals surface area contributed by atoms with Crippen LogP contribution in [0.1, 0.15) is 17.3 Å². The lowest BCUT2D eigenvalue weighted by Crippen LogP contribution is -2.21. The van der Waals surface area contributed by atoms with E-state index < -0.39 is 16.0 Å². The first-order valence-electron chi connectivity index (χ1n) is 5.89. The Labute approximate surface area is 117 Å². The third-order valence-electron chi connectivity index (χ3n) is 2.42. The van der Waals surface area contributed by atoms with Gasteiger partial charge < -0.3 is 14.6 Å². The van der Waals surface area contributed by atoms with E-state index in [1.807, 2.05) is 0 Å². The fourth-order valence-corrected chi connectivity index (χ4v) is 2.40. The van der Waals surface area contributed by atoms with Crippen LogP contribution in [0, 0.1) is 0 Å². The Hall–Kier alpha value is -1.80. The average Bonchev–Trinajstić information content (AvgIpc) is 2.38. The van der Waals surface area contributed by atoms with Crippen molar-refractivity contribution in [3.8, 4) is 5.75 Å². The molecule has 0 spiro atoms. The van der Waals surface area contributed by atoms with Crippen LogP contribution in [0.4, 0.5) is 5.69 Å². The molecule has 20 heavy (non-hydrogen) atoms. The molecule has 2 N–H and O–H groups in total. The van der Waals surface area contributed by atoms with Crippen molar-refractivity contribution in [1.29, 1.82) is 0 Å². The molecule has 8 heteroatoms. The summed E-state index contributed by atoms with van der Waals surface area (Å²) in [5.41, 5.74) is -0.181. The van der Waals surface area contributed by atoms with Crippen LogP contribution in [0.25, 0.3) is 0 Å². The lowest BCUT2D eigenvalue weighted by atomic mass is 10.2. The van der Waals surface area contributed by atoms with Gasteiger partial charge in [0.1, 0.15) is 5.75 Å². The monoisotopic (exact) mass is 303 g/mol. The van der Waals surface area contributed by atoms with Gasteiger partial charge in [0, 0.05) is 6.61 Å². The van der Waals surface area contributed by atoms with E-state index in [1.165, 1.54) is 25.3 Å². The summed E-state index contributed by atoms with van der Waals surface area (Å²) in [6, 6.07) is 4.08. The van der Waals surface area contributed by atoms with Crippen molar-refractivity contribution in [2.45, 2.75) is 6.92 Å². The highest BCUT2D eigenvalue weighted by atomic mass is 32.2. The minimum Gasteiger partial charge on any atom is -0.497 e. The molecule has 0 unspecified atom stereocenters. The number of nitrogens with one attached hydrogen (secondary N) is 1. The molecule has 7 nitrogen and oxygen atoms in total. The van der Waals surface area contributed by atoms with Gasteiger partial charge in [0.15, 0.2) is 0 Å². The lowest BCUT2D eigenvalue weighted by molar-refractivity contribution is 0.0697. The molecule has 0 fully saturated rings. The first-order valence-corrected chi connectivity index (χ1v) is 7.54. The van der Waals surface area contributed by atoms with E-state index in [4.69, 9.17) is 14.6 Å². The fourth-order valence-electron chi connectivity index (χ4n) is 1.45. The number of carbonyl (C=O) groups is 1. The number of ether oxygens (including phenoxy) is 2. The highest BCUT2D eigenvalue weighted by molar-refractivity contribution is 7.92. The van der Waals surface area contributed by atoms with Crippen LogP contribution in [0.3, 0.4) is 0 Å². The Bertz CT molecular complexity index is 569. The van der Waals surface area contributed by atoms with Crippen LogP contribution in [-0.2, 0) is 14.8 Å². The Morgan fingerprint density at radius 3 is 2.65 bits per heavy atom. The molecule has 0 atom stereocenters. The minimum absolute atomic E-state index is 0.00482. The van der Waals surface area contributed by atoms with Crippen molar-refractivity contribution < 1.29 is 27.8 Å². The van der Waals surface area contributed by atoms with Gasteiger partial charge >= 0.3 is 5.97 Å². The van der Waals surface area contributed by atoms with E-state index >= 15 is 0 Å². The third-order valence-corrected chi connectivity index (χ3v) is 3.66. The molecule has 1 aromatic rings. The van der Waals surface area contributed by atoms with Gasteiger partial charge in [-0.1, -0.05) is 0 Å².